The Hall–Kier alpha value is -0.750. The summed E-state index contributed by atoms with van der Waals surface area (Å²) in [5, 5.41) is 0. The molecule has 0 aromatic heterocycles. The molecule has 0 unspecified atom stereocenters. The lowest BCUT2D eigenvalue weighted by Gasteiger charge is -2.06. The first-order valence-corrected chi connectivity index (χ1v) is 12.8. The predicted molar refractivity (Wildman–Crippen MR) is 114 cm³/mol. The summed E-state index contributed by atoms with van der Waals surface area (Å²) in [6.07, 6.45) is 19.0. The molecular weight excluding hydrogens is 395 g/mol. The first kappa shape index (κ1) is 28.2. The molecule has 0 radical (unpaired) electrons. The average molecular weight is 437 g/mol. The molecule has 0 aliphatic carbocycles. The predicted octanol–water partition coefficient (Wildman–Crippen LogP) is 5.47. The SMILES string of the molecule is CCCCCCCCCCCCCCCCCC(=O)OCC(=O)COP(=O)(O)O. The van der Waals surface area contributed by atoms with Crippen molar-refractivity contribution in [2.75, 3.05) is 13.2 Å². The third-order valence-corrected chi connectivity index (χ3v) is 5.24. The number of carbonyl (C=O) groups is 2. The summed E-state index contributed by atoms with van der Waals surface area (Å²) in [6, 6.07) is 0. The lowest BCUT2D eigenvalue weighted by atomic mass is 10.0. The molecule has 0 aliphatic rings. The largest absolute Gasteiger partial charge is 0.470 e. The number of hydrogen-bond acceptors (Lipinski definition) is 5. The second-order valence-corrected chi connectivity index (χ2v) is 8.90. The van der Waals surface area contributed by atoms with Gasteiger partial charge in [0.15, 0.2) is 12.4 Å². The monoisotopic (exact) mass is 436 g/mol. The number of ketones is 1. The van der Waals surface area contributed by atoms with Crippen molar-refractivity contribution < 1.29 is 33.2 Å². The minimum absolute atomic E-state index is 0.255. The maximum atomic E-state index is 11.5. The van der Waals surface area contributed by atoms with Gasteiger partial charge in [0.25, 0.3) is 0 Å². The molecule has 0 spiro atoms. The molecule has 0 aromatic rings. The van der Waals surface area contributed by atoms with Gasteiger partial charge in [-0.05, 0) is 6.42 Å². The summed E-state index contributed by atoms with van der Waals surface area (Å²) in [5.41, 5.74) is 0. The molecule has 0 heterocycles. The molecule has 0 aliphatic heterocycles. The Morgan fingerprint density at radius 2 is 1.10 bits per heavy atom. The summed E-state index contributed by atoms with van der Waals surface area (Å²) < 4.78 is 19.3. The van der Waals surface area contributed by atoms with Gasteiger partial charge in [-0.25, -0.2) is 4.57 Å². The number of rotatable bonds is 21. The van der Waals surface area contributed by atoms with Crippen molar-refractivity contribution in [2.45, 2.75) is 110 Å². The molecular formula is C21H41O7P. The summed E-state index contributed by atoms with van der Waals surface area (Å²) >= 11 is 0. The van der Waals surface area contributed by atoms with Gasteiger partial charge in [-0.15, -0.1) is 0 Å². The molecule has 0 bridgehead atoms. The maximum Gasteiger partial charge on any atom is 0.470 e. The summed E-state index contributed by atoms with van der Waals surface area (Å²) in [6.45, 7) is 0.964. The van der Waals surface area contributed by atoms with Crippen molar-refractivity contribution >= 4 is 19.6 Å². The van der Waals surface area contributed by atoms with Gasteiger partial charge in [0.1, 0.15) is 6.61 Å². The van der Waals surface area contributed by atoms with Crippen LogP contribution < -0.4 is 0 Å². The zero-order valence-electron chi connectivity index (χ0n) is 18.1. The molecule has 0 atom stereocenters. The first-order chi connectivity index (χ1) is 13.8. The maximum absolute atomic E-state index is 11.5. The van der Waals surface area contributed by atoms with E-state index in [1.54, 1.807) is 0 Å². The van der Waals surface area contributed by atoms with E-state index < -0.39 is 32.8 Å². The minimum Gasteiger partial charge on any atom is -0.458 e. The van der Waals surface area contributed by atoms with Crippen molar-refractivity contribution in [2.24, 2.45) is 0 Å². The van der Waals surface area contributed by atoms with Gasteiger partial charge in [-0.1, -0.05) is 96.8 Å². The highest BCUT2D eigenvalue weighted by atomic mass is 31.2. The molecule has 29 heavy (non-hydrogen) atoms. The smallest absolute Gasteiger partial charge is 0.458 e. The highest BCUT2D eigenvalue weighted by molar-refractivity contribution is 7.46. The average Bonchev–Trinajstić information content (AvgIpc) is 2.67. The molecule has 8 heteroatoms. The standard InChI is InChI=1S/C21H41O7P/c1-2-3-4-5-6-7-8-9-10-11-12-13-14-15-16-17-21(23)27-18-20(22)19-28-29(24,25)26/h2-19H2,1H3,(H2,24,25,26). The molecule has 0 amide bonds. The van der Waals surface area contributed by atoms with Gasteiger partial charge in [-0.2, -0.15) is 0 Å². The van der Waals surface area contributed by atoms with E-state index in [9.17, 15) is 14.2 Å². The van der Waals surface area contributed by atoms with Gasteiger partial charge in [-0.3, -0.25) is 14.1 Å². The number of phosphoric ester groups is 1. The zero-order valence-corrected chi connectivity index (χ0v) is 19.0. The van der Waals surface area contributed by atoms with Gasteiger partial charge < -0.3 is 14.5 Å². The van der Waals surface area contributed by atoms with Crippen LogP contribution in [0.15, 0.2) is 0 Å². The van der Waals surface area contributed by atoms with Gasteiger partial charge in [0.05, 0.1) is 0 Å². The first-order valence-electron chi connectivity index (χ1n) is 11.2. The Kier molecular flexibility index (Phi) is 18.7. The van der Waals surface area contributed by atoms with E-state index in [0.717, 1.165) is 19.3 Å². The molecule has 172 valence electrons. The normalized spacial score (nSPS) is 11.6. The summed E-state index contributed by atoms with van der Waals surface area (Å²) in [4.78, 5) is 39.7. The van der Waals surface area contributed by atoms with Crippen LogP contribution in [0.3, 0.4) is 0 Å². The number of hydrogen-bond donors (Lipinski definition) is 2. The summed E-state index contributed by atoms with van der Waals surface area (Å²) in [5.74, 6) is -1.15. The number of unbranched alkanes of at least 4 members (excludes halogenated alkanes) is 14. The fraction of sp³-hybridized carbons (Fsp3) is 0.905. The van der Waals surface area contributed by atoms with Crippen LogP contribution in [0.4, 0.5) is 0 Å². The number of phosphoric acid groups is 1. The van der Waals surface area contributed by atoms with E-state index in [1.165, 1.54) is 77.0 Å². The minimum atomic E-state index is -4.67. The number of esters is 1. The van der Waals surface area contributed by atoms with Crippen LogP contribution in [0.1, 0.15) is 110 Å². The molecule has 0 aromatic carbocycles. The van der Waals surface area contributed by atoms with E-state index in [4.69, 9.17) is 14.5 Å². The van der Waals surface area contributed by atoms with E-state index >= 15 is 0 Å². The van der Waals surface area contributed by atoms with Crippen LogP contribution >= 0.6 is 7.82 Å². The van der Waals surface area contributed by atoms with Crippen molar-refractivity contribution in [3.63, 3.8) is 0 Å². The molecule has 0 fully saturated rings. The molecule has 0 rings (SSSR count). The molecule has 7 nitrogen and oxygen atoms in total. The van der Waals surface area contributed by atoms with Crippen molar-refractivity contribution in [3.05, 3.63) is 0 Å². The van der Waals surface area contributed by atoms with Crippen LogP contribution in [0, 0.1) is 0 Å². The second kappa shape index (κ2) is 19.2. The number of carbonyl (C=O) groups excluding carboxylic acids is 2. The van der Waals surface area contributed by atoms with Crippen molar-refractivity contribution in [1.29, 1.82) is 0 Å². The van der Waals surface area contributed by atoms with Crippen LogP contribution in [0.2, 0.25) is 0 Å². The van der Waals surface area contributed by atoms with Crippen LogP contribution in [-0.4, -0.2) is 34.8 Å². The summed E-state index contributed by atoms with van der Waals surface area (Å²) in [7, 11) is -4.67. The molecule has 0 saturated heterocycles. The fourth-order valence-electron chi connectivity index (χ4n) is 3.07. The third-order valence-electron chi connectivity index (χ3n) is 4.77. The zero-order chi connectivity index (χ0) is 21.8. The van der Waals surface area contributed by atoms with E-state index in [1.807, 2.05) is 0 Å². The number of ether oxygens (including phenoxy) is 1. The molecule has 0 saturated carbocycles. The topological polar surface area (TPSA) is 110 Å². The Labute approximate surface area is 176 Å². The highest BCUT2D eigenvalue weighted by Crippen LogP contribution is 2.35. The lowest BCUT2D eigenvalue weighted by Crippen LogP contribution is -2.17. The lowest BCUT2D eigenvalue weighted by molar-refractivity contribution is -0.148. The molecule has 2 N–H and O–H groups in total. The Morgan fingerprint density at radius 3 is 1.52 bits per heavy atom. The second-order valence-electron chi connectivity index (χ2n) is 7.66. The number of Topliss-reactive ketones (excluding diaryl/α,β-unsaturated/α-hetero) is 1. The van der Waals surface area contributed by atoms with E-state index in [0.29, 0.717) is 0 Å². The third kappa shape index (κ3) is 23.4. The highest BCUT2D eigenvalue weighted by Gasteiger charge is 2.17. The Bertz CT molecular complexity index is 462. The van der Waals surface area contributed by atoms with Gasteiger partial charge >= 0.3 is 13.8 Å². The Morgan fingerprint density at radius 1 is 0.690 bits per heavy atom. The Balaban J connectivity index is 3.30. The van der Waals surface area contributed by atoms with E-state index in [-0.39, 0.29) is 6.42 Å². The fourth-order valence-corrected chi connectivity index (χ4v) is 3.38. The van der Waals surface area contributed by atoms with Crippen LogP contribution in [0.5, 0.6) is 0 Å². The van der Waals surface area contributed by atoms with Crippen LogP contribution in [-0.2, 0) is 23.4 Å². The van der Waals surface area contributed by atoms with Gasteiger partial charge in [0, 0.05) is 6.42 Å². The van der Waals surface area contributed by atoms with Crippen molar-refractivity contribution in [1.82, 2.24) is 0 Å². The quantitative estimate of drug-likeness (QED) is 0.139. The van der Waals surface area contributed by atoms with Gasteiger partial charge in [0.2, 0.25) is 0 Å². The van der Waals surface area contributed by atoms with Crippen molar-refractivity contribution in [3.8, 4) is 0 Å². The van der Waals surface area contributed by atoms with Crippen LogP contribution in [0.25, 0.3) is 0 Å². The van der Waals surface area contributed by atoms with E-state index in [2.05, 4.69) is 11.4 Å².